The molecule has 3 rings (SSSR count). The van der Waals surface area contributed by atoms with Gasteiger partial charge in [0.05, 0.1) is 16.5 Å². The van der Waals surface area contributed by atoms with Crippen molar-refractivity contribution in [2.45, 2.75) is 30.7 Å². The van der Waals surface area contributed by atoms with Crippen LogP contribution >= 0.6 is 0 Å². The molecule has 194 valence electrons. The van der Waals surface area contributed by atoms with E-state index in [1.54, 1.807) is 0 Å². The number of phenolic OH excluding ortho intramolecular Hbond substituents is 1. The van der Waals surface area contributed by atoms with Gasteiger partial charge in [-0.05, 0) is 36.8 Å². The number of sulfone groups is 1. The number of aliphatic hydroxyl groups excluding tert-OH is 1. The van der Waals surface area contributed by atoms with Crippen molar-refractivity contribution in [3.8, 4) is 22.6 Å². The number of para-hydroxylation sites is 1. The molecule has 1 heterocycles. The van der Waals surface area contributed by atoms with Crippen LogP contribution in [0.15, 0.2) is 60.9 Å². The molecular weight excluding hydrogens is 503 g/mol. The third kappa shape index (κ3) is 6.55. The molecule has 0 aliphatic rings. The molecule has 9 nitrogen and oxygen atoms in total. The Morgan fingerprint density at radius 1 is 1.17 bits per heavy atom. The fourth-order valence-electron chi connectivity index (χ4n) is 3.39. The van der Waals surface area contributed by atoms with Crippen molar-refractivity contribution >= 4 is 15.7 Å². The van der Waals surface area contributed by atoms with Crippen molar-refractivity contribution in [1.82, 2.24) is 15.1 Å². The summed E-state index contributed by atoms with van der Waals surface area (Å²) in [6, 6.07) is 10.9. The number of rotatable bonds is 9. The number of hydrogen-bond donors (Lipinski definition) is 3. The van der Waals surface area contributed by atoms with Gasteiger partial charge in [0.15, 0.2) is 9.84 Å². The molecule has 1 aromatic heterocycles. The number of carbonyl (C=O) groups is 1. The van der Waals surface area contributed by atoms with Crippen molar-refractivity contribution in [3.63, 3.8) is 0 Å². The van der Waals surface area contributed by atoms with Gasteiger partial charge in [-0.15, -0.1) is 13.2 Å². The second-order valence-corrected chi connectivity index (χ2v) is 10.9. The van der Waals surface area contributed by atoms with E-state index in [4.69, 9.17) is 0 Å². The molecule has 2 unspecified atom stereocenters. The zero-order valence-corrected chi connectivity index (χ0v) is 20.0. The van der Waals surface area contributed by atoms with Gasteiger partial charge in [-0.25, -0.2) is 13.1 Å². The van der Waals surface area contributed by atoms with E-state index in [0.717, 1.165) is 23.1 Å². The van der Waals surface area contributed by atoms with E-state index in [2.05, 4.69) is 15.2 Å². The minimum atomic E-state index is -4.86. The average molecular weight is 528 g/mol. The van der Waals surface area contributed by atoms with Crippen LogP contribution in [0.5, 0.6) is 11.5 Å². The smallest absolute Gasteiger partial charge is 0.507 e. The fourth-order valence-corrected chi connectivity index (χ4v) is 4.17. The van der Waals surface area contributed by atoms with Crippen LogP contribution in [0.1, 0.15) is 29.9 Å². The molecule has 0 saturated heterocycles. The summed E-state index contributed by atoms with van der Waals surface area (Å²) in [5.41, 5.74) is 0.647. The van der Waals surface area contributed by atoms with Crippen molar-refractivity contribution in [2.24, 2.45) is 0 Å². The Bertz CT molecular complexity index is 1340. The standard InChI is InChI=1S/C23H24F3N3O6S/c1-22(36(2,33)34,14-27-21(32)18-8-3-4-9-19(18)30)11-20(31)29-13-16(12-28-29)15-6-5-7-17(10-15)35-23(24,25)26/h3-10,12-13,20,30-31H,11,14H2,1-2H3,(H,27,32). The molecule has 0 saturated carbocycles. The SMILES string of the molecule is CC(CNC(=O)c1ccccc1O)(CC(O)n1cc(-c2cccc(OC(F)(F)F)c2)cn1)S(C)(=O)=O. The summed E-state index contributed by atoms with van der Waals surface area (Å²) in [4.78, 5) is 12.4. The third-order valence-corrected chi connectivity index (χ3v) is 7.69. The van der Waals surface area contributed by atoms with Crippen LogP contribution in [0.4, 0.5) is 13.2 Å². The minimum Gasteiger partial charge on any atom is -0.507 e. The minimum absolute atomic E-state index is 0.0395. The Morgan fingerprint density at radius 2 is 1.86 bits per heavy atom. The molecule has 3 N–H and O–H groups in total. The first kappa shape index (κ1) is 27.0. The lowest BCUT2D eigenvalue weighted by Crippen LogP contribution is -2.47. The molecule has 1 amide bonds. The lowest BCUT2D eigenvalue weighted by Gasteiger charge is -2.30. The average Bonchev–Trinajstić information content (AvgIpc) is 3.27. The topological polar surface area (TPSA) is 131 Å². The van der Waals surface area contributed by atoms with E-state index in [1.165, 1.54) is 55.7 Å². The first-order chi connectivity index (χ1) is 16.7. The summed E-state index contributed by atoms with van der Waals surface area (Å²) in [6.07, 6.45) is -3.06. The van der Waals surface area contributed by atoms with Crippen LogP contribution in [0.2, 0.25) is 0 Å². The number of amides is 1. The molecule has 0 aliphatic heterocycles. The number of ether oxygens (including phenoxy) is 1. The molecule has 13 heteroatoms. The maximum Gasteiger partial charge on any atom is 0.573 e. The highest BCUT2D eigenvalue weighted by Crippen LogP contribution is 2.30. The van der Waals surface area contributed by atoms with Gasteiger partial charge in [-0.2, -0.15) is 5.10 Å². The number of halogens is 3. The van der Waals surface area contributed by atoms with Crippen molar-refractivity contribution in [3.05, 3.63) is 66.5 Å². The Morgan fingerprint density at radius 3 is 2.50 bits per heavy atom. The van der Waals surface area contributed by atoms with Gasteiger partial charge < -0.3 is 20.3 Å². The number of hydrogen-bond acceptors (Lipinski definition) is 7. The summed E-state index contributed by atoms with van der Waals surface area (Å²) in [5, 5.41) is 27.0. The molecule has 3 aromatic rings. The summed E-state index contributed by atoms with van der Waals surface area (Å²) < 4.78 is 66.0. The second kappa shape index (κ2) is 10.2. The number of aromatic nitrogens is 2. The van der Waals surface area contributed by atoms with Crippen molar-refractivity contribution in [1.29, 1.82) is 0 Å². The maximum absolute atomic E-state index is 12.6. The lowest BCUT2D eigenvalue weighted by molar-refractivity contribution is -0.274. The van der Waals surface area contributed by atoms with Crippen molar-refractivity contribution in [2.75, 3.05) is 12.8 Å². The third-order valence-electron chi connectivity index (χ3n) is 5.59. The lowest BCUT2D eigenvalue weighted by atomic mass is 10.1. The van der Waals surface area contributed by atoms with Crippen LogP contribution in [0.25, 0.3) is 11.1 Å². The number of aromatic hydroxyl groups is 1. The highest BCUT2D eigenvalue weighted by Gasteiger charge is 2.39. The Labute approximate surface area is 205 Å². The van der Waals surface area contributed by atoms with E-state index in [1.807, 2.05) is 0 Å². The van der Waals surface area contributed by atoms with Gasteiger partial charge in [0.25, 0.3) is 5.91 Å². The van der Waals surface area contributed by atoms with E-state index in [0.29, 0.717) is 11.1 Å². The largest absolute Gasteiger partial charge is 0.573 e. The predicted octanol–water partition coefficient (Wildman–Crippen LogP) is 3.27. The molecule has 0 radical (unpaired) electrons. The number of aliphatic hydroxyl groups is 1. The molecule has 2 aromatic carbocycles. The predicted molar refractivity (Wildman–Crippen MR) is 124 cm³/mol. The highest BCUT2D eigenvalue weighted by molar-refractivity contribution is 7.92. The normalized spacial score (nSPS) is 14.6. The van der Waals surface area contributed by atoms with Crippen LogP contribution in [-0.4, -0.2) is 58.2 Å². The monoisotopic (exact) mass is 527 g/mol. The number of nitrogens with one attached hydrogen (secondary N) is 1. The quantitative estimate of drug-likeness (QED) is 0.389. The van der Waals surface area contributed by atoms with E-state index < -0.39 is 38.8 Å². The van der Waals surface area contributed by atoms with Crippen molar-refractivity contribution < 1.29 is 41.3 Å². The zero-order valence-electron chi connectivity index (χ0n) is 19.2. The number of alkyl halides is 3. The molecule has 36 heavy (non-hydrogen) atoms. The maximum atomic E-state index is 12.6. The fraction of sp³-hybridized carbons (Fsp3) is 0.304. The number of benzene rings is 2. The highest BCUT2D eigenvalue weighted by atomic mass is 32.2. The van der Waals surface area contributed by atoms with E-state index >= 15 is 0 Å². The number of phenols is 1. The van der Waals surface area contributed by atoms with Crippen LogP contribution in [0.3, 0.4) is 0 Å². The van der Waals surface area contributed by atoms with Gasteiger partial charge in [0, 0.05) is 31.0 Å². The van der Waals surface area contributed by atoms with Crippen LogP contribution in [-0.2, 0) is 9.84 Å². The summed E-state index contributed by atoms with van der Waals surface area (Å²) in [6.45, 7) is 0.972. The summed E-state index contributed by atoms with van der Waals surface area (Å²) in [7, 11) is -3.83. The van der Waals surface area contributed by atoms with Gasteiger partial charge in [-0.3, -0.25) is 4.79 Å². The Hall–Kier alpha value is -3.58. The molecule has 2 atom stereocenters. The van der Waals surface area contributed by atoms with E-state index in [9.17, 15) is 36.6 Å². The molecular formula is C23H24F3N3O6S. The summed E-state index contributed by atoms with van der Waals surface area (Å²) >= 11 is 0. The van der Waals surface area contributed by atoms with Crippen LogP contribution < -0.4 is 10.1 Å². The molecule has 0 aliphatic carbocycles. The van der Waals surface area contributed by atoms with Crippen LogP contribution in [0, 0.1) is 0 Å². The zero-order chi connectivity index (χ0) is 26.7. The van der Waals surface area contributed by atoms with Gasteiger partial charge in [0.1, 0.15) is 17.7 Å². The first-order valence-electron chi connectivity index (χ1n) is 10.5. The van der Waals surface area contributed by atoms with Gasteiger partial charge >= 0.3 is 6.36 Å². The first-order valence-corrected chi connectivity index (χ1v) is 12.4. The second-order valence-electron chi connectivity index (χ2n) is 8.39. The molecule has 0 spiro atoms. The molecule has 0 bridgehead atoms. The van der Waals surface area contributed by atoms with E-state index in [-0.39, 0.29) is 24.3 Å². The number of nitrogens with zero attached hydrogens (tertiary/aromatic N) is 2. The summed E-state index contributed by atoms with van der Waals surface area (Å²) in [5.74, 6) is -1.40. The number of carbonyl (C=O) groups excluding carboxylic acids is 1. The van der Waals surface area contributed by atoms with Gasteiger partial charge in [0.2, 0.25) is 0 Å². The Kier molecular flexibility index (Phi) is 7.65. The molecule has 0 fully saturated rings. The Balaban J connectivity index is 1.76. The van der Waals surface area contributed by atoms with Gasteiger partial charge in [-0.1, -0.05) is 24.3 Å².